The van der Waals surface area contributed by atoms with Gasteiger partial charge in [0.2, 0.25) is 5.91 Å². The van der Waals surface area contributed by atoms with E-state index in [0.717, 1.165) is 4.68 Å². The predicted octanol–water partition coefficient (Wildman–Crippen LogP) is 1.60. The Morgan fingerprint density at radius 2 is 2.24 bits per heavy atom. The molecule has 0 radical (unpaired) electrons. The van der Waals surface area contributed by atoms with Crippen LogP contribution in [0.1, 0.15) is 10.5 Å². The average Bonchev–Trinajstić information content (AvgIpc) is 2.89. The Kier molecular flexibility index (Phi) is 4.63. The smallest absolute Gasteiger partial charge is 0.360 e. The maximum atomic E-state index is 13.6. The fourth-order valence-electron chi connectivity index (χ4n) is 1.50. The van der Waals surface area contributed by atoms with Crippen molar-refractivity contribution in [3.63, 3.8) is 0 Å². The first-order valence-electron chi connectivity index (χ1n) is 5.73. The number of amides is 1. The van der Waals surface area contributed by atoms with Gasteiger partial charge in [-0.2, -0.15) is 0 Å². The molecule has 21 heavy (non-hydrogen) atoms. The van der Waals surface area contributed by atoms with Crippen LogP contribution in [0.25, 0.3) is 0 Å². The third kappa shape index (κ3) is 3.85. The number of esters is 1. The normalized spacial score (nSPS) is 10.2. The van der Waals surface area contributed by atoms with Gasteiger partial charge in [0, 0.05) is 4.47 Å². The summed E-state index contributed by atoms with van der Waals surface area (Å²) in [4.78, 5) is 23.0. The van der Waals surface area contributed by atoms with Crippen molar-refractivity contribution < 1.29 is 18.7 Å². The quantitative estimate of drug-likeness (QED) is 0.841. The number of halogens is 2. The number of carbonyl (C=O) groups is 2. The summed E-state index contributed by atoms with van der Waals surface area (Å²) in [5.74, 6) is -1.72. The molecule has 1 N–H and O–H groups in total. The predicted molar refractivity (Wildman–Crippen MR) is 74.1 cm³/mol. The Balaban J connectivity index is 2.01. The van der Waals surface area contributed by atoms with E-state index in [1.54, 1.807) is 6.07 Å². The summed E-state index contributed by atoms with van der Waals surface area (Å²) in [6, 6.07) is 4.27. The van der Waals surface area contributed by atoms with Crippen LogP contribution in [-0.2, 0) is 16.1 Å². The summed E-state index contributed by atoms with van der Waals surface area (Å²) in [5.41, 5.74) is 0.0385. The molecule has 110 valence electrons. The molecule has 0 aliphatic rings. The molecule has 7 nitrogen and oxygen atoms in total. The van der Waals surface area contributed by atoms with Crippen LogP contribution in [-0.4, -0.2) is 34.0 Å². The molecule has 2 rings (SSSR count). The number of nitrogens with one attached hydrogen (secondary N) is 1. The van der Waals surface area contributed by atoms with Crippen LogP contribution in [0, 0.1) is 5.82 Å². The van der Waals surface area contributed by atoms with Crippen LogP contribution < -0.4 is 5.32 Å². The van der Waals surface area contributed by atoms with E-state index in [1.807, 2.05) is 0 Å². The van der Waals surface area contributed by atoms with Gasteiger partial charge >= 0.3 is 5.97 Å². The van der Waals surface area contributed by atoms with Crippen molar-refractivity contribution in [3.8, 4) is 0 Å². The van der Waals surface area contributed by atoms with Crippen molar-refractivity contribution in [2.24, 2.45) is 0 Å². The largest absolute Gasteiger partial charge is 0.464 e. The van der Waals surface area contributed by atoms with Gasteiger partial charge in [-0.1, -0.05) is 21.1 Å². The highest BCUT2D eigenvalue weighted by Crippen LogP contribution is 2.19. The fourth-order valence-corrected chi connectivity index (χ4v) is 1.83. The minimum absolute atomic E-state index is 0.0138. The Labute approximate surface area is 127 Å². The Bertz CT molecular complexity index is 689. The molecule has 2 aromatic rings. The number of anilines is 1. The highest BCUT2D eigenvalue weighted by molar-refractivity contribution is 9.10. The molecule has 0 aliphatic heterocycles. The van der Waals surface area contributed by atoms with Gasteiger partial charge in [-0.3, -0.25) is 4.79 Å². The van der Waals surface area contributed by atoms with E-state index in [0.29, 0.717) is 4.47 Å². The lowest BCUT2D eigenvalue weighted by Crippen LogP contribution is -2.19. The number of rotatable bonds is 4. The number of aromatic nitrogens is 3. The fraction of sp³-hybridized carbons (Fsp3) is 0.167. The van der Waals surface area contributed by atoms with Crippen molar-refractivity contribution in [2.45, 2.75) is 6.54 Å². The molecule has 0 saturated heterocycles. The maximum absolute atomic E-state index is 13.6. The van der Waals surface area contributed by atoms with E-state index >= 15 is 0 Å². The Morgan fingerprint density at radius 3 is 2.90 bits per heavy atom. The van der Waals surface area contributed by atoms with Crippen LogP contribution in [0.4, 0.5) is 10.1 Å². The van der Waals surface area contributed by atoms with Crippen LogP contribution in [0.2, 0.25) is 0 Å². The molecular weight excluding hydrogens is 347 g/mol. The minimum atomic E-state index is -0.652. The van der Waals surface area contributed by atoms with Gasteiger partial charge in [-0.25, -0.2) is 13.9 Å². The zero-order valence-corrected chi connectivity index (χ0v) is 12.4. The summed E-state index contributed by atoms with van der Waals surface area (Å²) in [5, 5.41) is 9.56. The second-order valence-corrected chi connectivity index (χ2v) is 4.88. The molecule has 0 atom stereocenters. The molecular formula is C12H10BrFN4O3. The summed E-state index contributed by atoms with van der Waals surface area (Å²) >= 11 is 3.12. The molecule has 0 bridgehead atoms. The topological polar surface area (TPSA) is 86.1 Å². The number of ether oxygens (including phenoxy) is 1. The lowest BCUT2D eigenvalue weighted by Gasteiger charge is -2.06. The van der Waals surface area contributed by atoms with Crippen LogP contribution in [0.15, 0.2) is 28.9 Å². The third-order valence-corrected chi connectivity index (χ3v) is 2.94. The van der Waals surface area contributed by atoms with E-state index in [4.69, 9.17) is 0 Å². The Morgan fingerprint density at radius 1 is 1.48 bits per heavy atom. The van der Waals surface area contributed by atoms with Crippen molar-refractivity contribution in [3.05, 3.63) is 40.4 Å². The number of methoxy groups -OCH3 is 1. The lowest BCUT2D eigenvalue weighted by atomic mass is 10.3. The van der Waals surface area contributed by atoms with E-state index in [2.05, 4.69) is 36.3 Å². The van der Waals surface area contributed by atoms with Gasteiger partial charge in [0.05, 0.1) is 19.0 Å². The van der Waals surface area contributed by atoms with Crippen LogP contribution in [0.3, 0.4) is 0 Å². The van der Waals surface area contributed by atoms with Crippen molar-refractivity contribution in [1.82, 2.24) is 15.0 Å². The summed E-state index contributed by atoms with van der Waals surface area (Å²) in [6.45, 7) is -0.209. The number of nitrogens with zero attached hydrogens (tertiary/aromatic N) is 3. The third-order valence-electron chi connectivity index (χ3n) is 2.44. The first kappa shape index (κ1) is 15.1. The van der Waals surface area contributed by atoms with E-state index in [-0.39, 0.29) is 17.9 Å². The van der Waals surface area contributed by atoms with Gasteiger partial charge in [0.15, 0.2) is 5.69 Å². The maximum Gasteiger partial charge on any atom is 0.360 e. The van der Waals surface area contributed by atoms with E-state index < -0.39 is 17.7 Å². The second kappa shape index (κ2) is 6.44. The van der Waals surface area contributed by atoms with Crippen LogP contribution >= 0.6 is 15.9 Å². The van der Waals surface area contributed by atoms with Crippen molar-refractivity contribution in [2.75, 3.05) is 12.4 Å². The molecule has 1 aromatic carbocycles. The molecule has 1 amide bonds. The summed E-state index contributed by atoms with van der Waals surface area (Å²) < 4.78 is 19.8. The molecule has 0 fully saturated rings. The number of hydrogen-bond donors (Lipinski definition) is 1. The lowest BCUT2D eigenvalue weighted by molar-refractivity contribution is -0.117. The minimum Gasteiger partial charge on any atom is -0.464 e. The molecule has 9 heteroatoms. The summed E-state index contributed by atoms with van der Waals surface area (Å²) in [6.07, 6.45) is 1.27. The molecule has 0 aliphatic carbocycles. The number of benzene rings is 1. The van der Waals surface area contributed by atoms with E-state index in [9.17, 15) is 14.0 Å². The van der Waals surface area contributed by atoms with Gasteiger partial charge in [-0.05, 0) is 18.2 Å². The zero-order valence-electron chi connectivity index (χ0n) is 10.8. The monoisotopic (exact) mass is 356 g/mol. The summed E-state index contributed by atoms with van der Waals surface area (Å²) in [7, 11) is 1.21. The standard InChI is InChI=1S/C12H10BrFN4O3/c1-21-12(20)10-5-18(17-16-10)6-11(19)15-9-3-2-7(13)4-8(9)14/h2-5H,6H2,1H3,(H,15,19). The number of hydrogen-bond acceptors (Lipinski definition) is 5. The van der Waals surface area contributed by atoms with Crippen molar-refractivity contribution in [1.29, 1.82) is 0 Å². The first-order chi connectivity index (χ1) is 9.99. The van der Waals surface area contributed by atoms with Gasteiger partial charge in [0.1, 0.15) is 12.4 Å². The molecule has 0 spiro atoms. The highest BCUT2D eigenvalue weighted by atomic mass is 79.9. The SMILES string of the molecule is COC(=O)c1cn(CC(=O)Nc2ccc(Br)cc2F)nn1. The second-order valence-electron chi connectivity index (χ2n) is 3.97. The van der Waals surface area contributed by atoms with E-state index in [1.165, 1.54) is 25.4 Å². The highest BCUT2D eigenvalue weighted by Gasteiger charge is 2.13. The molecule has 1 aromatic heterocycles. The van der Waals surface area contributed by atoms with Crippen LogP contribution in [0.5, 0.6) is 0 Å². The molecule has 0 unspecified atom stereocenters. The van der Waals surface area contributed by atoms with Gasteiger partial charge < -0.3 is 10.1 Å². The first-order valence-corrected chi connectivity index (χ1v) is 6.52. The average molecular weight is 357 g/mol. The Hall–Kier alpha value is -2.29. The zero-order chi connectivity index (χ0) is 15.4. The molecule has 1 heterocycles. The molecule has 0 saturated carbocycles. The number of carbonyl (C=O) groups excluding carboxylic acids is 2. The van der Waals surface area contributed by atoms with Gasteiger partial charge in [0.25, 0.3) is 0 Å². The van der Waals surface area contributed by atoms with Gasteiger partial charge in [-0.15, -0.1) is 5.10 Å². The van der Waals surface area contributed by atoms with Crippen molar-refractivity contribution >= 4 is 33.5 Å².